The molecule has 0 saturated carbocycles. The Morgan fingerprint density at radius 3 is 2.17 bits per heavy atom. The number of hydrogen-bond acceptors (Lipinski definition) is 4. The average Bonchev–Trinajstić information content (AvgIpc) is 2.44. The standard InChI is InChI=1S/C17H22F2O4/c1-11(2)10-22-15(20)8-5-9-16(21)23-12(3)17-13(18)6-4-7-14(17)19/h4,6-7,11-12H,5,8-10H2,1-3H3. The maximum absolute atomic E-state index is 13.6. The number of hydrogen-bond donors (Lipinski definition) is 0. The molecule has 0 spiro atoms. The Labute approximate surface area is 134 Å². The van der Waals surface area contributed by atoms with Crippen LogP contribution < -0.4 is 0 Å². The Morgan fingerprint density at radius 2 is 1.61 bits per heavy atom. The third-order valence-corrected chi connectivity index (χ3v) is 3.05. The highest BCUT2D eigenvalue weighted by atomic mass is 19.1. The maximum Gasteiger partial charge on any atom is 0.306 e. The fourth-order valence-electron chi connectivity index (χ4n) is 1.92. The van der Waals surface area contributed by atoms with E-state index in [1.165, 1.54) is 13.0 Å². The number of rotatable bonds is 8. The summed E-state index contributed by atoms with van der Waals surface area (Å²) in [5.41, 5.74) is -0.280. The summed E-state index contributed by atoms with van der Waals surface area (Å²) in [7, 11) is 0. The van der Waals surface area contributed by atoms with Gasteiger partial charge < -0.3 is 9.47 Å². The molecule has 6 heteroatoms. The van der Waals surface area contributed by atoms with Crippen LogP contribution >= 0.6 is 0 Å². The van der Waals surface area contributed by atoms with Crippen LogP contribution in [0, 0.1) is 17.6 Å². The number of carbonyl (C=O) groups excluding carboxylic acids is 2. The molecule has 0 aliphatic carbocycles. The Morgan fingerprint density at radius 1 is 1.04 bits per heavy atom. The van der Waals surface area contributed by atoms with Gasteiger partial charge in [0.2, 0.25) is 0 Å². The molecule has 0 aromatic heterocycles. The number of halogens is 2. The van der Waals surface area contributed by atoms with Gasteiger partial charge in [0.05, 0.1) is 12.2 Å². The fraction of sp³-hybridized carbons (Fsp3) is 0.529. The van der Waals surface area contributed by atoms with Gasteiger partial charge in [-0.15, -0.1) is 0 Å². The van der Waals surface area contributed by atoms with E-state index in [4.69, 9.17) is 9.47 Å². The van der Waals surface area contributed by atoms with Crippen LogP contribution in [0.5, 0.6) is 0 Å². The van der Waals surface area contributed by atoms with Crippen molar-refractivity contribution >= 4 is 11.9 Å². The molecule has 0 fully saturated rings. The van der Waals surface area contributed by atoms with E-state index in [1.54, 1.807) is 0 Å². The largest absolute Gasteiger partial charge is 0.465 e. The molecule has 0 bridgehead atoms. The third-order valence-electron chi connectivity index (χ3n) is 3.05. The Kier molecular flexibility index (Phi) is 7.65. The van der Waals surface area contributed by atoms with Crippen molar-refractivity contribution in [2.24, 2.45) is 5.92 Å². The first-order chi connectivity index (χ1) is 10.8. The van der Waals surface area contributed by atoms with Gasteiger partial charge in [-0.3, -0.25) is 9.59 Å². The van der Waals surface area contributed by atoms with Crippen LogP contribution in [0.3, 0.4) is 0 Å². The van der Waals surface area contributed by atoms with Gasteiger partial charge in [0.1, 0.15) is 17.7 Å². The summed E-state index contributed by atoms with van der Waals surface area (Å²) < 4.78 is 37.1. The second-order valence-electron chi connectivity index (χ2n) is 5.70. The molecule has 1 unspecified atom stereocenters. The van der Waals surface area contributed by atoms with E-state index >= 15 is 0 Å². The van der Waals surface area contributed by atoms with E-state index in [9.17, 15) is 18.4 Å². The molecule has 0 aliphatic heterocycles. The predicted octanol–water partition coefficient (Wildman–Crippen LogP) is 3.94. The maximum atomic E-state index is 13.6. The molecule has 0 saturated heterocycles. The molecule has 0 amide bonds. The lowest BCUT2D eigenvalue weighted by Gasteiger charge is -2.15. The van der Waals surface area contributed by atoms with Crippen molar-refractivity contribution in [1.82, 2.24) is 0 Å². The summed E-state index contributed by atoms with van der Waals surface area (Å²) in [5.74, 6) is -2.26. The normalized spacial score (nSPS) is 12.1. The second kappa shape index (κ2) is 9.22. The molecule has 0 N–H and O–H groups in total. The van der Waals surface area contributed by atoms with Crippen LogP contribution in [0.2, 0.25) is 0 Å². The topological polar surface area (TPSA) is 52.6 Å². The minimum Gasteiger partial charge on any atom is -0.465 e. The van der Waals surface area contributed by atoms with Gasteiger partial charge in [-0.05, 0) is 31.4 Å². The first-order valence-corrected chi connectivity index (χ1v) is 7.60. The fourth-order valence-corrected chi connectivity index (χ4v) is 1.92. The summed E-state index contributed by atoms with van der Waals surface area (Å²) in [6.07, 6.45) is -0.680. The molecule has 4 nitrogen and oxygen atoms in total. The van der Waals surface area contributed by atoms with Crippen LogP contribution in [0.15, 0.2) is 18.2 Å². The van der Waals surface area contributed by atoms with Crippen LogP contribution in [0.25, 0.3) is 0 Å². The molecule has 1 aromatic carbocycles. The van der Waals surface area contributed by atoms with Crippen LogP contribution in [0.1, 0.15) is 51.7 Å². The molecule has 128 valence electrons. The molecule has 0 radical (unpaired) electrons. The number of esters is 2. The van der Waals surface area contributed by atoms with E-state index < -0.39 is 23.7 Å². The lowest BCUT2D eigenvalue weighted by molar-refractivity contribution is -0.149. The van der Waals surface area contributed by atoms with E-state index in [2.05, 4.69) is 0 Å². The van der Waals surface area contributed by atoms with Crippen LogP contribution in [-0.2, 0) is 19.1 Å². The van der Waals surface area contributed by atoms with Crippen molar-refractivity contribution in [2.75, 3.05) is 6.61 Å². The first-order valence-electron chi connectivity index (χ1n) is 7.60. The summed E-state index contributed by atoms with van der Waals surface area (Å²) in [6.45, 7) is 5.59. The molecular formula is C17H22F2O4. The lowest BCUT2D eigenvalue weighted by atomic mass is 10.1. The highest BCUT2D eigenvalue weighted by Gasteiger charge is 2.19. The number of carbonyl (C=O) groups is 2. The summed E-state index contributed by atoms with van der Waals surface area (Å²) in [4.78, 5) is 23.1. The second-order valence-corrected chi connectivity index (χ2v) is 5.70. The summed E-state index contributed by atoms with van der Waals surface area (Å²) >= 11 is 0. The van der Waals surface area contributed by atoms with Crippen molar-refractivity contribution in [1.29, 1.82) is 0 Å². The minimum absolute atomic E-state index is 0.0167. The van der Waals surface area contributed by atoms with Crippen LogP contribution in [0.4, 0.5) is 8.78 Å². The Balaban J connectivity index is 2.38. The average molecular weight is 328 g/mol. The zero-order chi connectivity index (χ0) is 17.4. The molecule has 1 rings (SSSR count). The van der Waals surface area contributed by atoms with E-state index in [0.717, 1.165) is 12.1 Å². The smallest absolute Gasteiger partial charge is 0.306 e. The van der Waals surface area contributed by atoms with Gasteiger partial charge in [0.15, 0.2) is 0 Å². The number of ether oxygens (including phenoxy) is 2. The van der Waals surface area contributed by atoms with Crippen molar-refractivity contribution in [3.8, 4) is 0 Å². The minimum atomic E-state index is -1.03. The van der Waals surface area contributed by atoms with Crippen molar-refractivity contribution < 1.29 is 27.8 Å². The van der Waals surface area contributed by atoms with Crippen molar-refractivity contribution in [3.05, 3.63) is 35.4 Å². The van der Waals surface area contributed by atoms with Crippen molar-refractivity contribution in [3.63, 3.8) is 0 Å². The molecule has 23 heavy (non-hydrogen) atoms. The van der Waals surface area contributed by atoms with Gasteiger partial charge in [-0.1, -0.05) is 19.9 Å². The van der Waals surface area contributed by atoms with Gasteiger partial charge in [-0.2, -0.15) is 0 Å². The molecule has 1 aromatic rings. The monoisotopic (exact) mass is 328 g/mol. The highest BCUT2D eigenvalue weighted by Crippen LogP contribution is 2.23. The van der Waals surface area contributed by atoms with E-state index in [0.29, 0.717) is 6.61 Å². The first kappa shape index (κ1) is 19.1. The van der Waals surface area contributed by atoms with Crippen molar-refractivity contribution in [2.45, 2.75) is 46.1 Å². The molecule has 1 atom stereocenters. The molecular weight excluding hydrogens is 306 g/mol. The predicted molar refractivity (Wildman–Crippen MR) is 80.5 cm³/mol. The zero-order valence-electron chi connectivity index (χ0n) is 13.6. The third kappa shape index (κ3) is 6.76. The lowest BCUT2D eigenvalue weighted by Crippen LogP contribution is -2.13. The van der Waals surface area contributed by atoms with Gasteiger partial charge in [-0.25, -0.2) is 8.78 Å². The van der Waals surface area contributed by atoms with E-state index in [-0.39, 0.29) is 36.7 Å². The SMILES string of the molecule is CC(C)COC(=O)CCCC(=O)OC(C)c1c(F)cccc1F. The Hall–Kier alpha value is -1.98. The van der Waals surface area contributed by atoms with Gasteiger partial charge in [0, 0.05) is 12.8 Å². The van der Waals surface area contributed by atoms with Gasteiger partial charge in [0.25, 0.3) is 0 Å². The van der Waals surface area contributed by atoms with E-state index in [1.807, 2.05) is 13.8 Å². The Bertz CT molecular complexity index is 523. The van der Waals surface area contributed by atoms with Crippen LogP contribution in [-0.4, -0.2) is 18.5 Å². The molecule has 0 aliphatic rings. The summed E-state index contributed by atoms with van der Waals surface area (Å²) in [5, 5.41) is 0. The highest BCUT2D eigenvalue weighted by molar-refractivity contribution is 5.72. The molecule has 0 heterocycles. The quantitative estimate of drug-likeness (QED) is 0.678. The summed E-state index contributed by atoms with van der Waals surface area (Å²) in [6, 6.07) is 3.45. The number of benzene rings is 1. The van der Waals surface area contributed by atoms with Gasteiger partial charge >= 0.3 is 11.9 Å². The zero-order valence-corrected chi connectivity index (χ0v) is 13.6.